The zero-order valence-electron chi connectivity index (χ0n) is 8.97. The molecule has 2 rings (SSSR count). The first-order valence-corrected chi connectivity index (χ1v) is 6.13. The summed E-state index contributed by atoms with van der Waals surface area (Å²) in [6, 6.07) is 0. The van der Waals surface area contributed by atoms with Crippen molar-refractivity contribution in [2.24, 2.45) is 0 Å². The Morgan fingerprint density at radius 2 is 2.07 bits per heavy atom. The van der Waals surface area contributed by atoms with E-state index in [2.05, 4.69) is 13.5 Å². The molecule has 0 spiro atoms. The van der Waals surface area contributed by atoms with Crippen LogP contribution in [0.4, 0.5) is 0 Å². The molecule has 2 heteroatoms. The van der Waals surface area contributed by atoms with E-state index >= 15 is 0 Å². The Morgan fingerprint density at radius 3 is 2.57 bits per heavy atom. The Bertz CT molecular complexity index is 345. The summed E-state index contributed by atoms with van der Waals surface area (Å²) < 4.78 is 0. The molecule has 0 unspecified atom stereocenters. The monoisotopic (exact) mass is 207 g/mol. The van der Waals surface area contributed by atoms with Crippen LogP contribution in [0.5, 0.6) is 0 Å². The largest absolute Gasteiger partial charge is 0.241 e. The molecule has 0 bridgehead atoms. The predicted octanol–water partition coefficient (Wildman–Crippen LogP) is 4.14. The van der Waals surface area contributed by atoms with Gasteiger partial charge in [0.25, 0.3) is 0 Å². The molecule has 1 aromatic rings. The second-order valence-electron chi connectivity index (χ2n) is 4.22. The fraction of sp³-hybridized carbons (Fsp3) is 0.583. The summed E-state index contributed by atoms with van der Waals surface area (Å²) in [5.74, 6) is 0.736. The molecule has 1 fully saturated rings. The number of hydrogen-bond acceptors (Lipinski definition) is 2. The third-order valence-corrected chi connectivity index (χ3v) is 4.09. The van der Waals surface area contributed by atoms with E-state index in [1.165, 1.54) is 36.3 Å². The highest BCUT2D eigenvalue weighted by atomic mass is 32.1. The molecule has 14 heavy (non-hydrogen) atoms. The van der Waals surface area contributed by atoms with Gasteiger partial charge in [-0.2, -0.15) is 0 Å². The normalized spacial score (nSPS) is 17.6. The van der Waals surface area contributed by atoms with E-state index in [1.807, 2.05) is 6.92 Å². The fourth-order valence-corrected chi connectivity index (χ4v) is 3.09. The summed E-state index contributed by atoms with van der Waals surface area (Å²) in [5.41, 5.74) is 2.45. The average molecular weight is 207 g/mol. The van der Waals surface area contributed by atoms with Crippen molar-refractivity contribution < 1.29 is 0 Å². The molecule has 1 heterocycles. The lowest BCUT2D eigenvalue weighted by Gasteiger charge is -2.05. The highest BCUT2D eigenvalue weighted by Crippen LogP contribution is 2.37. The Morgan fingerprint density at radius 1 is 1.43 bits per heavy atom. The minimum absolute atomic E-state index is 0.736. The van der Waals surface area contributed by atoms with E-state index in [0.717, 1.165) is 16.5 Å². The average Bonchev–Trinajstić information content (AvgIpc) is 2.71. The molecule has 1 nitrogen and oxygen atoms in total. The van der Waals surface area contributed by atoms with Crippen molar-refractivity contribution in [2.45, 2.75) is 45.4 Å². The van der Waals surface area contributed by atoms with Crippen LogP contribution >= 0.6 is 11.3 Å². The second kappa shape index (κ2) is 3.85. The number of aryl methyl sites for hydroxylation is 1. The molecule has 0 N–H and O–H groups in total. The van der Waals surface area contributed by atoms with E-state index in [-0.39, 0.29) is 0 Å². The molecule has 76 valence electrons. The maximum atomic E-state index is 4.71. The number of thiazole rings is 1. The van der Waals surface area contributed by atoms with Gasteiger partial charge in [-0.1, -0.05) is 19.4 Å². The van der Waals surface area contributed by atoms with Gasteiger partial charge >= 0.3 is 0 Å². The zero-order valence-corrected chi connectivity index (χ0v) is 9.78. The molecule has 1 saturated carbocycles. The topological polar surface area (TPSA) is 12.9 Å². The van der Waals surface area contributed by atoms with Gasteiger partial charge in [-0.15, -0.1) is 11.3 Å². The van der Waals surface area contributed by atoms with Crippen molar-refractivity contribution in [3.63, 3.8) is 0 Å². The number of nitrogens with zero attached hydrogens (tertiary/aromatic N) is 1. The lowest BCUT2D eigenvalue weighted by molar-refractivity contribution is 0.697. The first kappa shape index (κ1) is 9.91. The van der Waals surface area contributed by atoms with Crippen LogP contribution in [0.15, 0.2) is 6.58 Å². The van der Waals surface area contributed by atoms with Gasteiger partial charge in [0.15, 0.2) is 0 Å². The summed E-state index contributed by atoms with van der Waals surface area (Å²) in [6.45, 7) is 8.18. The SMILES string of the molecule is C=C(C)c1nc(C2CCCC2)c(C)s1. The first-order chi connectivity index (χ1) is 6.68. The standard InChI is InChI=1S/C12H17NS/c1-8(2)12-13-11(9(3)14-12)10-6-4-5-7-10/h10H,1,4-7H2,2-3H3. The van der Waals surface area contributed by atoms with Gasteiger partial charge in [-0.25, -0.2) is 4.98 Å². The van der Waals surface area contributed by atoms with Crippen molar-refractivity contribution in [1.82, 2.24) is 4.98 Å². The van der Waals surface area contributed by atoms with Gasteiger partial charge in [0.2, 0.25) is 0 Å². The van der Waals surface area contributed by atoms with Crippen LogP contribution in [-0.2, 0) is 0 Å². The number of allylic oxidation sites excluding steroid dienone is 1. The van der Waals surface area contributed by atoms with Crippen molar-refractivity contribution >= 4 is 16.9 Å². The van der Waals surface area contributed by atoms with E-state index < -0.39 is 0 Å². The predicted molar refractivity (Wildman–Crippen MR) is 62.8 cm³/mol. The summed E-state index contributed by atoms with van der Waals surface area (Å²) in [5, 5.41) is 1.13. The summed E-state index contributed by atoms with van der Waals surface area (Å²) in [4.78, 5) is 6.11. The minimum Gasteiger partial charge on any atom is -0.241 e. The van der Waals surface area contributed by atoms with Crippen molar-refractivity contribution in [2.75, 3.05) is 0 Å². The van der Waals surface area contributed by atoms with Gasteiger partial charge in [-0.05, 0) is 32.3 Å². The summed E-state index contributed by atoms with van der Waals surface area (Å²) >= 11 is 1.80. The quantitative estimate of drug-likeness (QED) is 0.710. The number of rotatable bonds is 2. The summed E-state index contributed by atoms with van der Waals surface area (Å²) in [7, 11) is 0. The van der Waals surface area contributed by atoms with Crippen LogP contribution < -0.4 is 0 Å². The van der Waals surface area contributed by atoms with Crippen LogP contribution in [0, 0.1) is 6.92 Å². The molecule has 1 aliphatic rings. The van der Waals surface area contributed by atoms with Crippen LogP contribution in [-0.4, -0.2) is 4.98 Å². The zero-order chi connectivity index (χ0) is 10.1. The van der Waals surface area contributed by atoms with Crippen molar-refractivity contribution in [3.8, 4) is 0 Å². The van der Waals surface area contributed by atoms with E-state index in [9.17, 15) is 0 Å². The maximum Gasteiger partial charge on any atom is 0.118 e. The Kier molecular flexibility index (Phi) is 2.73. The molecule has 0 saturated heterocycles. The first-order valence-electron chi connectivity index (χ1n) is 5.31. The molecule has 1 aromatic heterocycles. The van der Waals surface area contributed by atoms with E-state index in [4.69, 9.17) is 4.98 Å². The Balaban J connectivity index is 2.28. The molecule has 0 aliphatic heterocycles. The molecular formula is C12H17NS. The van der Waals surface area contributed by atoms with Gasteiger partial charge in [0.1, 0.15) is 5.01 Å². The van der Waals surface area contributed by atoms with Crippen LogP contribution in [0.25, 0.3) is 5.57 Å². The molecule has 0 radical (unpaired) electrons. The third kappa shape index (κ3) is 1.76. The lowest BCUT2D eigenvalue weighted by atomic mass is 10.0. The molecule has 1 aliphatic carbocycles. The minimum atomic E-state index is 0.736. The van der Waals surface area contributed by atoms with Gasteiger partial charge < -0.3 is 0 Å². The number of hydrogen-bond donors (Lipinski definition) is 0. The van der Waals surface area contributed by atoms with E-state index in [0.29, 0.717) is 0 Å². The summed E-state index contributed by atoms with van der Waals surface area (Å²) in [6.07, 6.45) is 5.43. The molecule has 0 atom stereocenters. The molecule has 0 amide bonds. The lowest BCUT2D eigenvalue weighted by Crippen LogP contribution is -1.94. The highest BCUT2D eigenvalue weighted by molar-refractivity contribution is 7.12. The van der Waals surface area contributed by atoms with Crippen LogP contribution in [0.2, 0.25) is 0 Å². The maximum absolute atomic E-state index is 4.71. The van der Waals surface area contributed by atoms with Crippen LogP contribution in [0.1, 0.15) is 54.1 Å². The fourth-order valence-electron chi connectivity index (χ4n) is 2.17. The highest BCUT2D eigenvalue weighted by Gasteiger charge is 2.22. The smallest absolute Gasteiger partial charge is 0.118 e. The number of aromatic nitrogens is 1. The van der Waals surface area contributed by atoms with Crippen molar-refractivity contribution in [3.05, 3.63) is 22.2 Å². The second-order valence-corrected chi connectivity index (χ2v) is 5.43. The Hall–Kier alpha value is -0.630. The molecule has 0 aromatic carbocycles. The third-order valence-electron chi connectivity index (χ3n) is 2.94. The van der Waals surface area contributed by atoms with Gasteiger partial charge in [-0.3, -0.25) is 0 Å². The molecular weight excluding hydrogens is 190 g/mol. The van der Waals surface area contributed by atoms with E-state index in [1.54, 1.807) is 11.3 Å². The van der Waals surface area contributed by atoms with Gasteiger partial charge in [0, 0.05) is 10.8 Å². The van der Waals surface area contributed by atoms with Gasteiger partial charge in [0.05, 0.1) is 5.69 Å². The van der Waals surface area contributed by atoms with Crippen LogP contribution in [0.3, 0.4) is 0 Å². The van der Waals surface area contributed by atoms with Crippen molar-refractivity contribution in [1.29, 1.82) is 0 Å². The Labute approximate surface area is 89.9 Å².